The molecule has 0 saturated carbocycles. The van der Waals surface area contributed by atoms with Crippen LogP contribution in [-0.2, 0) is 6.61 Å². The molecule has 2 rings (SSSR count). The monoisotopic (exact) mass is 342 g/mol. The van der Waals surface area contributed by atoms with Crippen molar-refractivity contribution < 1.29 is 14.6 Å². The van der Waals surface area contributed by atoms with Gasteiger partial charge in [0.1, 0.15) is 18.1 Å². The second-order valence-corrected chi connectivity index (χ2v) is 5.92. The highest BCUT2D eigenvalue weighted by molar-refractivity contribution is 9.10. The van der Waals surface area contributed by atoms with Crippen molar-refractivity contribution in [2.24, 2.45) is 0 Å². The number of thiophene rings is 1. The molecule has 5 heteroatoms. The Kier molecular flexibility index (Phi) is 4.85. The summed E-state index contributed by atoms with van der Waals surface area (Å²) in [6, 6.07) is 7.42. The van der Waals surface area contributed by atoms with Crippen LogP contribution in [0.25, 0.3) is 0 Å². The molecule has 1 N–H and O–H groups in total. The van der Waals surface area contributed by atoms with Crippen LogP contribution in [0.2, 0.25) is 0 Å². The van der Waals surface area contributed by atoms with E-state index in [0.717, 1.165) is 14.9 Å². The molecule has 3 nitrogen and oxygen atoms in total. The summed E-state index contributed by atoms with van der Waals surface area (Å²) in [5, 5.41) is 11.8. The number of aliphatic hydroxyl groups excluding tert-OH is 1. The largest absolute Gasteiger partial charge is 0.497 e. The molecule has 0 amide bonds. The van der Waals surface area contributed by atoms with E-state index in [1.54, 1.807) is 31.4 Å². The molecule has 1 atom stereocenters. The van der Waals surface area contributed by atoms with Gasteiger partial charge in [0.15, 0.2) is 0 Å². The average Bonchev–Trinajstić information content (AvgIpc) is 2.81. The van der Waals surface area contributed by atoms with Gasteiger partial charge in [0.2, 0.25) is 0 Å². The number of halogens is 1. The highest BCUT2D eigenvalue weighted by Gasteiger charge is 2.12. The highest BCUT2D eigenvalue weighted by atomic mass is 79.9. The third-order valence-corrected chi connectivity index (χ3v) is 4.62. The van der Waals surface area contributed by atoms with Gasteiger partial charge in [-0.1, -0.05) is 0 Å². The van der Waals surface area contributed by atoms with Crippen molar-refractivity contribution >= 4 is 27.3 Å². The molecule has 0 fully saturated rings. The van der Waals surface area contributed by atoms with E-state index in [0.29, 0.717) is 18.1 Å². The fourth-order valence-corrected chi connectivity index (χ4v) is 3.06. The lowest BCUT2D eigenvalue weighted by atomic mass is 10.1. The van der Waals surface area contributed by atoms with Crippen molar-refractivity contribution in [2.45, 2.75) is 19.6 Å². The van der Waals surface area contributed by atoms with Crippen LogP contribution in [0.3, 0.4) is 0 Å². The lowest BCUT2D eigenvalue weighted by molar-refractivity contribution is 0.190. The van der Waals surface area contributed by atoms with Gasteiger partial charge >= 0.3 is 0 Å². The van der Waals surface area contributed by atoms with E-state index in [1.165, 1.54) is 0 Å². The van der Waals surface area contributed by atoms with E-state index in [2.05, 4.69) is 15.9 Å². The third kappa shape index (κ3) is 3.49. The van der Waals surface area contributed by atoms with Gasteiger partial charge in [0.05, 0.1) is 18.1 Å². The van der Waals surface area contributed by atoms with Gasteiger partial charge in [-0.05, 0) is 46.4 Å². The van der Waals surface area contributed by atoms with E-state index in [-0.39, 0.29) is 0 Å². The van der Waals surface area contributed by atoms with E-state index in [9.17, 15) is 5.11 Å². The number of rotatable bonds is 5. The van der Waals surface area contributed by atoms with Crippen LogP contribution in [-0.4, -0.2) is 12.2 Å². The molecular formula is C14H15BrO3S. The zero-order valence-corrected chi connectivity index (χ0v) is 13.1. The smallest absolute Gasteiger partial charge is 0.129 e. The fraction of sp³-hybridized carbons (Fsp3) is 0.286. The number of methoxy groups -OCH3 is 1. The first-order chi connectivity index (χ1) is 9.11. The summed E-state index contributed by atoms with van der Waals surface area (Å²) in [5.41, 5.74) is 0.758. The Hall–Kier alpha value is -1.04. The van der Waals surface area contributed by atoms with Crippen LogP contribution < -0.4 is 9.47 Å². The van der Waals surface area contributed by atoms with Crippen molar-refractivity contribution in [3.8, 4) is 11.5 Å². The Bertz CT molecular complexity index is 551. The molecule has 0 radical (unpaired) electrons. The first kappa shape index (κ1) is 14.4. The summed E-state index contributed by atoms with van der Waals surface area (Å²) in [6.45, 7) is 2.18. The lowest BCUT2D eigenvalue weighted by Gasteiger charge is -2.14. The minimum atomic E-state index is -0.576. The highest BCUT2D eigenvalue weighted by Crippen LogP contribution is 2.31. The Morgan fingerprint density at radius 1 is 1.37 bits per heavy atom. The van der Waals surface area contributed by atoms with Gasteiger partial charge in [0, 0.05) is 16.1 Å². The lowest BCUT2D eigenvalue weighted by Crippen LogP contribution is -2.01. The minimum Gasteiger partial charge on any atom is -0.497 e. The van der Waals surface area contributed by atoms with Gasteiger partial charge in [-0.25, -0.2) is 0 Å². The SMILES string of the molecule is COc1ccc(C(C)O)c(OCc2sccc2Br)c1. The second-order valence-electron chi connectivity index (χ2n) is 4.06. The van der Waals surface area contributed by atoms with E-state index >= 15 is 0 Å². The predicted octanol–water partition coefficient (Wildman–Crippen LogP) is 4.15. The number of hydrogen-bond donors (Lipinski definition) is 1. The summed E-state index contributed by atoms with van der Waals surface area (Å²) in [5.74, 6) is 1.36. The molecule has 0 aliphatic rings. The maximum absolute atomic E-state index is 9.75. The molecule has 0 aliphatic carbocycles. The van der Waals surface area contributed by atoms with Crippen molar-refractivity contribution in [3.05, 3.63) is 44.6 Å². The summed E-state index contributed by atoms with van der Waals surface area (Å²) < 4.78 is 12.0. The number of benzene rings is 1. The zero-order chi connectivity index (χ0) is 13.8. The van der Waals surface area contributed by atoms with Gasteiger partial charge in [-0.15, -0.1) is 11.3 Å². The Morgan fingerprint density at radius 2 is 2.16 bits per heavy atom. The summed E-state index contributed by atoms with van der Waals surface area (Å²) in [4.78, 5) is 1.11. The van der Waals surface area contributed by atoms with E-state index < -0.39 is 6.10 Å². The van der Waals surface area contributed by atoms with Crippen molar-refractivity contribution in [1.29, 1.82) is 0 Å². The quantitative estimate of drug-likeness (QED) is 0.886. The number of ether oxygens (including phenoxy) is 2. The summed E-state index contributed by atoms with van der Waals surface area (Å²) >= 11 is 5.10. The van der Waals surface area contributed by atoms with Gasteiger partial charge in [-0.2, -0.15) is 0 Å². The molecule has 0 aliphatic heterocycles. The first-order valence-corrected chi connectivity index (χ1v) is 7.49. The van der Waals surface area contributed by atoms with Crippen LogP contribution in [0.1, 0.15) is 23.5 Å². The third-order valence-electron chi connectivity index (χ3n) is 2.72. The average molecular weight is 343 g/mol. The topological polar surface area (TPSA) is 38.7 Å². The molecule has 1 aromatic heterocycles. The fourth-order valence-electron chi connectivity index (χ4n) is 1.68. The molecule has 1 unspecified atom stereocenters. The van der Waals surface area contributed by atoms with Crippen LogP contribution in [0.4, 0.5) is 0 Å². The predicted molar refractivity (Wildman–Crippen MR) is 80.0 cm³/mol. The molecule has 2 aromatic rings. The molecule has 0 saturated heterocycles. The van der Waals surface area contributed by atoms with Crippen LogP contribution in [0, 0.1) is 0 Å². The molecule has 19 heavy (non-hydrogen) atoms. The molecule has 0 spiro atoms. The van der Waals surface area contributed by atoms with Crippen LogP contribution >= 0.6 is 27.3 Å². The number of hydrogen-bond acceptors (Lipinski definition) is 4. The first-order valence-electron chi connectivity index (χ1n) is 5.82. The second kappa shape index (κ2) is 6.41. The Balaban J connectivity index is 2.20. The number of aliphatic hydroxyl groups is 1. The van der Waals surface area contributed by atoms with Gasteiger partial charge in [0.25, 0.3) is 0 Å². The normalized spacial score (nSPS) is 12.2. The zero-order valence-electron chi connectivity index (χ0n) is 10.7. The van der Waals surface area contributed by atoms with Crippen molar-refractivity contribution in [2.75, 3.05) is 7.11 Å². The molecule has 0 bridgehead atoms. The standard InChI is InChI=1S/C14H15BrO3S/c1-9(16)11-4-3-10(17-2)7-13(11)18-8-14-12(15)5-6-19-14/h3-7,9,16H,8H2,1-2H3. The molecular weight excluding hydrogens is 328 g/mol. The minimum absolute atomic E-state index is 0.463. The summed E-state index contributed by atoms with van der Waals surface area (Å²) in [7, 11) is 1.61. The van der Waals surface area contributed by atoms with Gasteiger partial charge < -0.3 is 14.6 Å². The molecule has 102 valence electrons. The van der Waals surface area contributed by atoms with Gasteiger partial charge in [-0.3, -0.25) is 0 Å². The summed E-state index contributed by atoms with van der Waals surface area (Å²) in [6.07, 6.45) is -0.576. The van der Waals surface area contributed by atoms with E-state index in [1.807, 2.05) is 23.6 Å². The molecule has 1 aromatic carbocycles. The Morgan fingerprint density at radius 3 is 2.74 bits per heavy atom. The Labute approximate surface area is 124 Å². The van der Waals surface area contributed by atoms with E-state index in [4.69, 9.17) is 9.47 Å². The van der Waals surface area contributed by atoms with Crippen LogP contribution in [0.5, 0.6) is 11.5 Å². The van der Waals surface area contributed by atoms with Crippen LogP contribution in [0.15, 0.2) is 34.1 Å². The van der Waals surface area contributed by atoms with Crippen molar-refractivity contribution in [1.82, 2.24) is 0 Å². The van der Waals surface area contributed by atoms with Crippen molar-refractivity contribution in [3.63, 3.8) is 0 Å². The maximum Gasteiger partial charge on any atom is 0.129 e. The maximum atomic E-state index is 9.75. The molecule has 1 heterocycles.